The fourth-order valence-corrected chi connectivity index (χ4v) is 1.83. The third-order valence-electron chi connectivity index (χ3n) is 2.47. The molecule has 0 aliphatic heterocycles. The molecule has 0 aliphatic rings. The summed E-state index contributed by atoms with van der Waals surface area (Å²) in [5.41, 5.74) is 0. The lowest BCUT2D eigenvalue weighted by Gasteiger charge is -2.16. The Balaban J connectivity index is 2.15. The van der Waals surface area contributed by atoms with Gasteiger partial charge >= 0.3 is 0 Å². The van der Waals surface area contributed by atoms with Gasteiger partial charge in [-0.1, -0.05) is 25.6 Å². The summed E-state index contributed by atoms with van der Waals surface area (Å²) in [5.74, 6) is 1.72. The number of nitrogens with one attached hydrogen (secondary N) is 1. The summed E-state index contributed by atoms with van der Waals surface area (Å²) < 4.78 is 1.94. The molecule has 4 nitrogen and oxygen atoms in total. The Morgan fingerprint density at radius 3 is 2.73 bits per heavy atom. The third-order valence-corrected chi connectivity index (χ3v) is 3.51. The average Bonchev–Trinajstić information content (AvgIpc) is 2.58. The second-order valence-corrected chi connectivity index (χ2v) is 5.12. The number of hydrogen-bond donors (Lipinski definition) is 1. The summed E-state index contributed by atoms with van der Waals surface area (Å²) in [4.78, 5) is 0. The Kier molecular flexibility index (Phi) is 5.11. The monoisotopic (exact) mass is 228 g/mol. The summed E-state index contributed by atoms with van der Waals surface area (Å²) in [7, 11) is 1.96. The molecule has 1 unspecified atom stereocenters. The van der Waals surface area contributed by atoms with Gasteiger partial charge in [0.2, 0.25) is 0 Å². The van der Waals surface area contributed by atoms with Crippen molar-refractivity contribution in [1.82, 2.24) is 20.1 Å². The predicted molar refractivity (Wildman–Crippen MR) is 64.0 cm³/mol. The number of hydrogen-bond acceptors (Lipinski definition) is 4. The van der Waals surface area contributed by atoms with Crippen LogP contribution in [0.1, 0.15) is 20.8 Å². The van der Waals surface area contributed by atoms with Crippen molar-refractivity contribution < 1.29 is 0 Å². The molecular formula is C10H20N4S. The van der Waals surface area contributed by atoms with E-state index in [4.69, 9.17) is 0 Å². The maximum absolute atomic E-state index is 4.02. The van der Waals surface area contributed by atoms with Gasteiger partial charge in [-0.15, -0.1) is 10.2 Å². The van der Waals surface area contributed by atoms with E-state index < -0.39 is 0 Å². The molecule has 0 aromatic carbocycles. The molecule has 0 radical (unpaired) electrons. The first-order valence-electron chi connectivity index (χ1n) is 5.31. The normalized spacial score (nSPS) is 13.4. The molecule has 1 atom stereocenters. The molecule has 0 saturated carbocycles. The summed E-state index contributed by atoms with van der Waals surface area (Å²) in [6.07, 6.45) is 1.73. The second-order valence-electron chi connectivity index (χ2n) is 4.06. The van der Waals surface area contributed by atoms with E-state index in [0.29, 0.717) is 12.0 Å². The Labute approximate surface area is 95.9 Å². The minimum Gasteiger partial charge on any atom is -0.313 e. The molecule has 1 rings (SSSR count). The highest BCUT2D eigenvalue weighted by Crippen LogP contribution is 2.12. The first-order valence-corrected chi connectivity index (χ1v) is 6.30. The van der Waals surface area contributed by atoms with Crippen molar-refractivity contribution in [3.05, 3.63) is 6.33 Å². The second kappa shape index (κ2) is 6.12. The Hall–Kier alpha value is -0.550. The largest absolute Gasteiger partial charge is 0.313 e. The van der Waals surface area contributed by atoms with Crippen molar-refractivity contribution >= 4 is 11.8 Å². The SMILES string of the molecule is CC(C)C(C)NCCSc1nncn1C. The number of thioether (sulfide) groups is 1. The number of nitrogens with zero attached hydrogens (tertiary/aromatic N) is 3. The van der Waals surface area contributed by atoms with Crippen molar-refractivity contribution in [3.8, 4) is 0 Å². The predicted octanol–water partition coefficient (Wildman–Crippen LogP) is 1.54. The molecule has 0 saturated heterocycles. The maximum Gasteiger partial charge on any atom is 0.190 e. The zero-order valence-corrected chi connectivity index (χ0v) is 10.7. The summed E-state index contributed by atoms with van der Waals surface area (Å²) in [5, 5.41) is 12.3. The van der Waals surface area contributed by atoms with Crippen molar-refractivity contribution in [3.63, 3.8) is 0 Å². The van der Waals surface area contributed by atoms with Crippen LogP contribution in [0.25, 0.3) is 0 Å². The van der Waals surface area contributed by atoms with E-state index >= 15 is 0 Å². The molecule has 1 aromatic rings. The van der Waals surface area contributed by atoms with Gasteiger partial charge in [0.05, 0.1) is 0 Å². The quantitative estimate of drug-likeness (QED) is 0.592. The van der Waals surface area contributed by atoms with Crippen LogP contribution in [0, 0.1) is 5.92 Å². The molecule has 15 heavy (non-hydrogen) atoms. The molecule has 86 valence electrons. The van der Waals surface area contributed by atoms with Crippen LogP contribution in [0.3, 0.4) is 0 Å². The van der Waals surface area contributed by atoms with Crippen LogP contribution in [0.2, 0.25) is 0 Å². The van der Waals surface area contributed by atoms with Crippen molar-refractivity contribution in [1.29, 1.82) is 0 Å². The first kappa shape index (κ1) is 12.5. The zero-order chi connectivity index (χ0) is 11.3. The minimum absolute atomic E-state index is 0.574. The number of rotatable bonds is 6. The highest BCUT2D eigenvalue weighted by atomic mass is 32.2. The van der Waals surface area contributed by atoms with Gasteiger partial charge in [-0.2, -0.15) is 0 Å². The minimum atomic E-state index is 0.574. The molecule has 0 bridgehead atoms. The van der Waals surface area contributed by atoms with Gasteiger partial charge in [0.15, 0.2) is 5.16 Å². The van der Waals surface area contributed by atoms with E-state index in [9.17, 15) is 0 Å². The van der Waals surface area contributed by atoms with Crippen LogP contribution in [0.4, 0.5) is 0 Å². The Morgan fingerprint density at radius 1 is 1.47 bits per heavy atom. The van der Waals surface area contributed by atoms with Gasteiger partial charge in [-0.3, -0.25) is 0 Å². The van der Waals surface area contributed by atoms with Crippen molar-refractivity contribution in [2.24, 2.45) is 13.0 Å². The fraction of sp³-hybridized carbons (Fsp3) is 0.800. The van der Waals surface area contributed by atoms with E-state index in [0.717, 1.165) is 17.5 Å². The van der Waals surface area contributed by atoms with Crippen molar-refractivity contribution in [2.45, 2.75) is 32.0 Å². The number of aryl methyl sites for hydroxylation is 1. The zero-order valence-electron chi connectivity index (χ0n) is 9.90. The van der Waals surface area contributed by atoms with Crippen LogP contribution in [-0.4, -0.2) is 33.1 Å². The van der Waals surface area contributed by atoms with E-state index in [1.807, 2.05) is 11.6 Å². The smallest absolute Gasteiger partial charge is 0.190 e. The Bertz CT molecular complexity index is 285. The third kappa shape index (κ3) is 4.22. The summed E-state index contributed by atoms with van der Waals surface area (Å²) >= 11 is 1.73. The topological polar surface area (TPSA) is 42.7 Å². The van der Waals surface area contributed by atoms with Crippen LogP contribution < -0.4 is 5.32 Å². The van der Waals surface area contributed by atoms with Gasteiger partial charge in [0.25, 0.3) is 0 Å². The molecule has 0 amide bonds. The van der Waals surface area contributed by atoms with Gasteiger partial charge in [-0.05, 0) is 12.8 Å². The lowest BCUT2D eigenvalue weighted by atomic mass is 10.1. The molecule has 1 N–H and O–H groups in total. The van der Waals surface area contributed by atoms with Crippen LogP contribution in [0.15, 0.2) is 11.5 Å². The van der Waals surface area contributed by atoms with Gasteiger partial charge < -0.3 is 9.88 Å². The molecule has 1 heterocycles. The van der Waals surface area contributed by atoms with E-state index in [1.54, 1.807) is 18.1 Å². The molecule has 0 spiro atoms. The summed E-state index contributed by atoms with van der Waals surface area (Å²) in [6.45, 7) is 7.69. The van der Waals surface area contributed by atoms with Crippen molar-refractivity contribution in [2.75, 3.05) is 12.3 Å². The van der Waals surface area contributed by atoms with Crippen LogP contribution >= 0.6 is 11.8 Å². The average molecular weight is 228 g/mol. The molecule has 0 aliphatic carbocycles. The fourth-order valence-electron chi connectivity index (χ4n) is 1.07. The van der Waals surface area contributed by atoms with E-state index in [1.165, 1.54) is 0 Å². The molecule has 1 aromatic heterocycles. The maximum atomic E-state index is 4.02. The van der Waals surface area contributed by atoms with Gasteiger partial charge in [-0.25, -0.2) is 0 Å². The lowest BCUT2D eigenvalue weighted by molar-refractivity contribution is 0.438. The van der Waals surface area contributed by atoms with Crippen LogP contribution in [-0.2, 0) is 7.05 Å². The highest BCUT2D eigenvalue weighted by Gasteiger charge is 2.06. The molecule has 0 fully saturated rings. The lowest BCUT2D eigenvalue weighted by Crippen LogP contribution is -2.32. The first-order chi connectivity index (χ1) is 7.11. The summed E-state index contributed by atoms with van der Waals surface area (Å²) in [6, 6.07) is 0.574. The van der Waals surface area contributed by atoms with Gasteiger partial charge in [0, 0.05) is 25.4 Å². The van der Waals surface area contributed by atoms with Gasteiger partial charge in [0.1, 0.15) is 6.33 Å². The Morgan fingerprint density at radius 2 is 2.20 bits per heavy atom. The molecular weight excluding hydrogens is 208 g/mol. The van der Waals surface area contributed by atoms with Crippen LogP contribution in [0.5, 0.6) is 0 Å². The van der Waals surface area contributed by atoms with E-state index in [2.05, 4.69) is 36.3 Å². The standard InChI is InChI=1S/C10H20N4S/c1-8(2)9(3)11-5-6-15-10-13-12-7-14(10)4/h7-9,11H,5-6H2,1-4H3. The highest BCUT2D eigenvalue weighted by molar-refractivity contribution is 7.99. The van der Waals surface area contributed by atoms with E-state index in [-0.39, 0.29) is 0 Å². The molecule has 5 heteroatoms. The number of aromatic nitrogens is 3.